The molecule has 0 aromatic heterocycles. The second-order valence-corrected chi connectivity index (χ2v) is 6.89. The average Bonchev–Trinajstić information content (AvgIpc) is 2.53. The van der Waals surface area contributed by atoms with Crippen molar-refractivity contribution in [3.8, 4) is 11.1 Å². The van der Waals surface area contributed by atoms with Crippen LogP contribution in [-0.4, -0.2) is 21.4 Å². The topological polar surface area (TPSA) is 54.4 Å². The number of rotatable bonds is 6. The summed E-state index contributed by atoms with van der Waals surface area (Å²) in [6.45, 7) is 3.29. The maximum absolute atomic E-state index is 11.4. The Morgan fingerprint density at radius 3 is 2.26 bits per heavy atom. The first-order valence-corrected chi connectivity index (χ1v) is 8.40. The second kappa shape index (κ2) is 7.97. The summed E-state index contributed by atoms with van der Waals surface area (Å²) in [6.07, 6.45) is 0.613. The van der Waals surface area contributed by atoms with Gasteiger partial charge in [0.2, 0.25) is 0 Å². The lowest BCUT2D eigenvalue weighted by molar-refractivity contribution is -0.137. The molecule has 0 saturated carbocycles. The molecule has 120 valence electrons. The smallest absolute Gasteiger partial charge is 0.317 e. The number of carbonyl (C=O) groups excluding carboxylic acids is 1. The minimum atomic E-state index is -0.935. The van der Waals surface area contributed by atoms with Crippen molar-refractivity contribution in [3.05, 3.63) is 60.2 Å². The molecular formula is C19H20O3S. The Kier molecular flexibility index (Phi) is 5.99. The molecule has 1 N–H and O–H groups in total. The van der Waals surface area contributed by atoms with Crippen molar-refractivity contribution in [3.63, 3.8) is 0 Å². The summed E-state index contributed by atoms with van der Waals surface area (Å²) in [6, 6.07) is 18.0. The number of thioether (sulfide) groups is 1. The monoisotopic (exact) mass is 328 g/mol. The Hall–Kier alpha value is -2.07. The molecule has 2 aromatic rings. The predicted molar refractivity (Wildman–Crippen MR) is 94.4 cm³/mol. The van der Waals surface area contributed by atoms with Gasteiger partial charge in [0.05, 0.1) is 0 Å². The van der Waals surface area contributed by atoms with Gasteiger partial charge in [-0.25, -0.2) is 0 Å². The summed E-state index contributed by atoms with van der Waals surface area (Å²) < 4.78 is 0. The number of hydrogen-bond donors (Lipinski definition) is 1. The molecule has 0 aliphatic rings. The Morgan fingerprint density at radius 1 is 1.04 bits per heavy atom. The molecule has 0 amide bonds. The minimum absolute atomic E-state index is 0.147. The summed E-state index contributed by atoms with van der Waals surface area (Å²) >= 11 is 0.898. The Bertz CT molecular complexity index is 682. The Balaban J connectivity index is 2.26. The van der Waals surface area contributed by atoms with Crippen LogP contribution in [0.1, 0.15) is 19.4 Å². The van der Waals surface area contributed by atoms with Gasteiger partial charge in [0, 0.05) is 6.92 Å². The highest BCUT2D eigenvalue weighted by Gasteiger charge is 2.27. The van der Waals surface area contributed by atoms with Crippen LogP contribution in [-0.2, 0) is 16.0 Å². The molecule has 2 atom stereocenters. The van der Waals surface area contributed by atoms with E-state index in [1.54, 1.807) is 0 Å². The number of benzene rings is 2. The first-order valence-electron chi connectivity index (χ1n) is 7.52. The molecule has 0 fully saturated rings. The third kappa shape index (κ3) is 4.70. The summed E-state index contributed by atoms with van der Waals surface area (Å²) in [5.74, 6) is -1.08. The van der Waals surface area contributed by atoms with Gasteiger partial charge >= 0.3 is 5.97 Å². The van der Waals surface area contributed by atoms with Crippen molar-refractivity contribution in [2.75, 3.05) is 0 Å². The number of aliphatic carboxylic acids is 1. The number of hydrogen-bond acceptors (Lipinski definition) is 3. The Morgan fingerprint density at radius 2 is 1.65 bits per heavy atom. The van der Waals surface area contributed by atoms with Crippen molar-refractivity contribution >= 4 is 22.8 Å². The molecule has 3 nitrogen and oxygen atoms in total. The van der Waals surface area contributed by atoms with Crippen LogP contribution in [0.4, 0.5) is 0 Å². The van der Waals surface area contributed by atoms with E-state index in [4.69, 9.17) is 0 Å². The summed E-state index contributed by atoms with van der Waals surface area (Å²) in [5.41, 5.74) is 3.32. The lowest BCUT2D eigenvalue weighted by Crippen LogP contribution is -2.27. The standard InChI is InChI=1S/C19H20O3S/c1-13(18(19(21)22)23-14(2)20)12-16-10-6-7-11-17(16)15-8-4-3-5-9-15/h3-11,13,18H,12H2,1-2H3,(H,21,22). The fraction of sp³-hybridized carbons (Fsp3) is 0.263. The largest absolute Gasteiger partial charge is 0.480 e. The average molecular weight is 328 g/mol. The van der Waals surface area contributed by atoms with Gasteiger partial charge in [0.1, 0.15) is 5.25 Å². The normalized spacial score (nSPS) is 13.3. The maximum Gasteiger partial charge on any atom is 0.317 e. The van der Waals surface area contributed by atoms with E-state index in [2.05, 4.69) is 0 Å². The van der Waals surface area contributed by atoms with Crippen LogP contribution in [0.15, 0.2) is 54.6 Å². The summed E-state index contributed by atoms with van der Waals surface area (Å²) in [4.78, 5) is 22.8. The number of carboxylic acid groups (broad SMARTS) is 1. The van der Waals surface area contributed by atoms with E-state index in [9.17, 15) is 14.7 Å². The molecule has 0 bridgehead atoms. The van der Waals surface area contributed by atoms with Crippen LogP contribution >= 0.6 is 11.8 Å². The minimum Gasteiger partial charge on any atom is -0.480 e. The molecule has 0 spiro atoms. The van der Waals surface area contributed by atoms with Crippen LogP contribution in [0.25, 0.3) is 11.1 Å². The molecule has 2 aromatic carbocycles. The lowest BCUT2D eigenvalue weighted by Gasteiger charge is -2.20. The molecule has 2 unspecified atom stereocenters. The van der Waals surface area contributed by atoms with Crippen LogP contribution in [0.5, 0.6) is 0 Å². The number of carbonyl (C=O) groups is 2. The SMILES string of the molecule is CC(=O)SC(C(=O)O)C(C)Cc1ccccc1-c1ccccc1. The van der Waals surface area contributed by atoms with Gasteiger partial charge in [-0.05, 0) is 29.0 Å². The molecule has 0 heterocycles. The van der Waals surface area contributed by atoms with Crippen LogP contribution in [0.3, 0.4) is 0 Å². The molecule has 2 rings (SSSR count). The molecule has 0 aliphatic carbocycles. The molecule has 0 radical (unpaired) electrons. The van der Waals surface area contributed by atoms with Gasteiger partial charge in [0.25, 0.3) is 0 Å². The van der Waals surface area contributed by atoms with E-state index in [1.165, 1.54) is 6.92 Å². The van der Waals surface area contributed by atoms with Crippen molar-refractivity contribution in [2.24, 2.45) is 5.92 Å². The predicted octanol–water partition coefficient (Wildman–Crippen LogP) is 4.27. The lowest BCUT2D eigenvalue weighted by atomic mass is 9.91. The van der Waals surface area contributed by atoms with Crippen molar-refractivity contribution in [1.82, 2.24) is 0 Å². The zero-order chi connectivity index (χ0) is 16.8. The van der Waals surface area contributed by atoms with Gasteiger partial charge in [-0.2, -0.15) is 0 Å². The van der Waals surface area contributed by atoms with Crippen LogP contribution in [0.2, 0.25) is 0 Å². The van der Waals surface area contributed by atoms with Gasteiger partial charge in [-0.1, -0.05) is 73.3 Å². The first kappa shape index (κ1) is 17.3. The first-order chi connectivity index (χ1) is 11.0. The molecule has 23 heavy (non-hydrogen) atoms. The third-order valence-corrected chi connectivity index (χ3v) is 4.95. The van der Waals surface area contributed by atoms with E-state index < -0.39 is 11.2 Å². The van der Waals surface area contributed by atoms with Crippen molar-refractivity contribution in [1.29, 1.82) is 0 Å². The van der Waals surface area contributed by atoms with Gasteiger partial charge in [-0.3, -0.25) is 9.59 Å². The summed E-state index contributed by atoms with van der Waals surface area (Å²) in [7, 11) is 0. The van der Waals surface area contributed by atoms with Crippen LogP contribution < -0.4 is 0 Å². The van der Waals surface area contributed by atoms with Crippen LogP contribution in [0, 0.1) is 5.92 Å². The van der Waals surface area contributed by atoms with Gasteiger partial charge in [-0.15, -0.1) is 0 Å². The van der Waals surface area contributed by atoms with E-state index >= 15 is 0 Å². The van der Waals surface area contributed by atoms with E-state index in [0.29, 0.717) is 6.42 Å². The highest BCUT2D eigenvalue weighted by atomic mass is 32.2. The maximum atomic E-state index is 11.4. The highest BCUT2D eigenvalue weighted by molar-refractivity contribution is 8.14. The second-order valence-electron chi connectivity index (χ2n) is 5.57. The fourth-order valence-corrected chi connectivity index (χ4v) is 3.43. The Labute approximate surface area is 140 Å². The van der Waals surface area contributed by atoms with E-state index in [1.807, 2.05) is 61.5 Å². The van der Waals surface area contributed by atoms with E-state index in [-0.39, 0.29) is 11.0 Å². The van der Waals surface area contributed by atoms with Gasteiger partial charge in [0.15, 0.2) is 5.12 Å². The summed E-state index contributed by atoms with van der Waals surface area (Å²) in [5, 5.41) is 8.49. The zero-order valence-electron chi connectivity index (χ0n) is 13.2. The molecule has 4 heteroatoms. The third-order valence-electron chi connectivity index (χ3n) is 3.70. The van der Waals surface area contributed by atoms with Gasteiger partial charge < -0.3 is 5.11 Å². The van der Waals surface area contributed by atoms with Crippen molar-refractivity contribution in [2.45, 2.75) is 25.5 Å². The van der Waals surface area contributed by atoms with Crippen molar-refractivity contribution < 1.29 is 14.7 Å². The zero-order valence-corrected chi connectivity index (χ0v) is 14.0. The number of carboxylic acids is 1. The molecule has 0 aliphatic heterocycles. The molecule has 0 saturated heterocycles. The highest BCUT2D eigenvalue weighted by Crippen LogP contribution is 2.29. The van der Waals surface area contributed by atoms with E-state index in [0.717, 1.165) is 28.5 Å². The quantitative estimate of drug-likeness (QED) is 0.860. The fourth-order valence-electron chi connectivity index (χ4n) is 2.64. The molecular weight excluding hydrogens is 308 g/mol.